The molecule has 0 radical (unpaired) electrons. The molecule has 280 valence electrons. The second-order valence-electron chi connectivity index (χ2n) is 10.8. The summed E-state index contributed by atoms with van der Waals surface area (Å²) in [5, 5.41) is 0. The van der Waals surface area contributed by atoms with Crippen LogP contribution in [0.2, 0.25) is 0 Å². The second kappa shape index (κ2) is 24.3. The fraction of sp³-hybridized carbons (Fsp3) is 0.840. The lowest BCUT2D eigenvalue weighted by Crippen LogP contribution is -2.37. The summed E-state index contributed by atoms with van der Waals surface area (Å²) in [6, 6.07) is 0. The van der Waals surface area contributed by atoms with Crippen molar-refractivity contribution in [3.63, 3.8) is 0 Å². The molecule has 0 spiro atoms. The lowest BCUT2D eigenvalue weighted by atomic mass is 9.99. The molecule has 0 amide bonds. The monoisotopic (exact) mass is 908 g/mol. The van der Waals surface area contributed by atoms with Crippen molar-refractivity contribution in [1.82, 2.24) is 17.2 Å². The van der Waals surface area contributed by atoms with Crippen LogP contribution in [0.15, 0.2) is 0 Å². The first-order valence-electron chi connectivity index (χ1n) is 15.2. The summed E-state index contributed by atoms with van der Waals surface area (Å²) in [4.78, 5) is 52.8. The minimum atomic E-state index is -0.857. The van der Waals surface area contributed by atoms with Crippen LogP contribution >= 0.6 is 134 Å². The molecular weight excluding hydrogens is 869 g/mol. The van der Waals surface area contributed by atoms with E-state index in [0.717, 1.165) is 32.4 Å². The fourth-order valence-corrected chi connectivity index (χ4v) is 22.9. The Hall–Kier alpha value is 2.56. The topological polar surface area (TPSA) is 118 Å². The zero-order valence-corrected chi connectivity index (χ0v) is 36.8. The number of ether oxygens (including phenoxy) is 4. The first kappa shape index (κ1) is 44.3. The third-order valence-electron chi connectivity index (χ3n) is 6.73. The predicted molar refractivity (Wildman–Crippen MR) is 224 cm³/mol. The number of nitrogens with zero attached hydrogens (tertiary/aromatic N) is 4. The van der Waals surface area contributed by atoms with Gasteiger partial charge in [0.2, 0.25) is 0 Å². The van der Waals surface area contributed by atoms with E-state index in [1.807, 2.05) is 17.2 Å². The maximum atomic E-state index is 13.3. The van der Waals surface area contributed by atoms with Crippen molar-refractivity contribution >= 4 is 152 Å². The Morgan fingerprint density at radius 2 is 0.735 bits per heavy atom. The number of carbonyl (C=O) groups is 4. The average Bonchev–Trinajstić information content (AvgIpc) is 3.09. The van der Waals surface area contributed by atoms with E-state index in [2.05, 4.69) is 13.8 Å². The summed E-state index contributed by atoms with van der Waals surface area (Å²) in [7, 11) is 10.2. The molecule has 4 rings (SSSR count). The van der Waals surface area contributed by atoms with Crippen molar-refractivity contribution in [3.05, 3.63) is 0 Å². The largest absolute Gasteiger partial charge is 0.379 e. The highest BCUT2D eigenvalue weighted by Crippen LogP contribution is 2.69. The SMILES string of the molecule is CC(C)(CSSC(=O)SN1CCOCC1)C(SSC(=O)SN1CCOCC1)(SSC(=O)SN1CCOCC1)SSC(=O)SN1CCOCC1. The van der Waals surface area contributed by atoms with Gasteiger partial charge in [0.1, 0.15) is 3.41 Å². The van der Waals surface area contributed by atoms with Gasteiger partial charge in [-0.1, -0.05) is 57.0 Å². The van der Waals surface area contributed by atoms with Crippen LogP contribution in [-0.2, 0) is 18.9 Å². The van der Waals surface area contributed by atoms with Crippen LogP contribution < -0.4 is 0 Å². The van der Waals surface area contributed by atoms with Gasteiger partial charge in [0.25, 0.3) is 17.8 Å². The van der Waals surface area contributed by atoms with E-state index in [4.69, 9.17) is 18.9 Å². The molecule has 49 heavy (non-hydrogen) atoms. The zero-order chi connectivity index (χ0) is 35.0. The van der Waals surface area contributed by atoms with Gasteiger partial charge in [0, 0.05) is 111 Å². The highest BCUT2D eigenvalue weighted by molar-refractivity contribution is 9.01. The quantitative estimate of drug-likeness (QED) is 0.0940. The lowest BCUT2D eigenvalue weighted by molar-refractivity contribution is 0.0775. The summed E-state index contributed by atoms with van der Waals surface area (Å²) >= 11 is 4.76. The van der Waals surface area contributed by atoms with E-state index in [1.54, 1.807) is 0 Å². The Morgan fingerprint density at radius 1 is 0.469 bits per heavy atom. The van der Waals surface area contributed by atoms with Crippen molar-refractivity contribution < 1.29 is 38.1 Å². The highest BCUT2D eigenvalue weighted by atomic mass is 33.2. The number of carbonyl (C=O) groups excluding carboxylic acids is 4. The fourth-order valence-electron chi connectivity index (χ4n) is 3.99. The minimum Gasteiger partial charge on any atom is -0.379 e. The molecule has 0 N–H and O–H groups in total. The Balaban J connectivity index is 1.46. The minimum absolute atomic E-state index is 0.00866. The Kier molecular flexibility index (Phi) is 21.9. The van der Waals surface area contributed by atoms with E-state index < -0.39 is 8.83 Å². The molecule has 12 nitrogen and oxygen atoms in total. The van der Waals surface area contributed by atoms with Gasteiger partial charge >= 0.3 is 0 Å². The van der Waals surface area contributed by atoms with Crippen LogP contribution in [0.25, 0.3) is 0 Å². The standard InChI is InChI=1S/C25H40N4O8S12/c1-24(2,19-38-43-20(30)39-26-3-11-34-12-4-26)25(47-44-21(31)40-27-5-13-35-14-6-27,48-45-22(32)41-28-7-15-36-16-8-28)49-46-23(33)42-29-9-17-37-18-10-29/h3-19H2,1-2H3. The molecule has 0 saturated carbocycles. The second-order valence-corrected chi connectivity index (χ2v) is 26.1. The smallest absolute Gasteiger partial charge is 0.271 e. The molecule has 4 saturated heterocycles. The molecule has 0 atom stereocenters. The molecule has 4 aliphatic heterocycles. The van der Waals surface area contributed by atoms with Crippen LogP contribution in [-0.4, -0.2) is 149 Å². The van der Waals surface area contributed by atoms with Gasteiger partial charge in [0.15, 0.2) is 0 Å². The number of morpholine rings is 4. The van der Waals surface area contributed by atoms with Gasteiger partial charge in [-0.05, 0) is 43.2 Å². The van der Waals surface area contributed by atoms with Crippen LogP contribution in [0.4, 0.5) is 19.2 Å². The van der Waals surface area contributed by atoms with E-state index in [-0.39, 0.29) is 17.8 Å². The molecular formula is C25H40N4O8S12. The van der Waals surface area contributed by atoms with E-state index in [9.17, 15) is 19.2 Å². The van der Waals surface area contributed by atoms with Crippen LogP contribution in [0.3, 0.4) is 0 Å². The molecule has 0 bridgehead atoms. The summed E-state index contributed by atoms with van der Waals surface area (Å²) < 4.78 is 28.6. The first-order chi connectivity index (χ1) is 23.6. The molecule has 0 aromatic carbocycles. The molecule has 0 aromatic rings. The third kappa shape index (κ3) is 16.7. The van der Waals surface area contributed by atoms with Crippen molar-refractivity contribution in [2.45, 2.75) is 17.3 Å². The van der Waals surface area contributed by atoms with Gasteiger partial charge in [-0.2, -0.15) is 0 Å². The van der Waals surface area contributed by atoms with Crippen LogP contribution in [0.5, 0.6) is 0 Å². The summed E-state index contributed by atoms with van der Waals surface area (Å²) in [6.07, 6.45) is 0. The maximum absolute atomic E-state index is 13.3. The molecule has 0 aliphatic carbocycles. The van der Waals surface area contributed by atoms with E-state index >= 15 is 0 Å². The number of hydrogen-bond donors (Lipinski definition) is 0. The summed E-state index contributed by atoms with van der Waals surface area (Å²) in [5.41, 5.74) is -0.570. The molecule has 4 fully saturated rings. The third-order valence-corrected chi connectivity index (χ3v) is 26.0. The number of rotatable bonds is 14. The summed E-state index contributed by atoms with van der Waals surface area (Å²) in [5.74, 6) is 0.530. The lowest BCUT2D eigenvalue weighted by Gasteiger charge is -2.43. The highest BCUT2D eigenvalue weighted by Gasteiger charge is 2.50. The summed E-state index contributed by atoms with van der Waals surface area (Å²) in [6.45, 7) is 14.3. The van der Waals surface area contributed by atoms with Crippen LogP contribution in [0, 0.1) is 5.41 Å². The Bertz CT molecular complexity index is 977. The molecule has 0 aromatic heterocycles. The Labute approximate surface area is 337 Å². The van der Waals surface area contributed by atoms with Crippen molar-refractivity contribution in [2.75, 3.05) is 111 Å². The van der Waals surface area contributed by atoms with Gasteiger partial charge in [0.05, 0.1) is 52.9 Å². The van der Waals surface area contributed by atoms with Crippen molar-refractivity contribution in [2.24, 2.45) is 5.41 Å². The zero-order valence-electron chi connectivity index (χ0n) is 27.0. The number of hydrogen-bond acceptors (Lipinski definition) is 24. The Morgan fingerprint density at radius 3 is 1.02 bits per heavy atom. The van der Waals surface area contributed by atoms with Gasteiger partial charge in [-0.3, -0.25) is 19.2 Å². The normalized spacial score (nSPS) is 21.1. The van der Waals surface area contributed by atoms with E-state index in [1.165, 1.54) is 102 Å². The maximum Gasteiger partial charge on any atom is 0.271 e. The average molecular weight is 909 g/mol. The molecule has 4 heterocycles. The van der Waals surface area contributed by atoms with Crippen LogP contribution in [0.1, 0.15) is 13.8 Å². The van der Waals surface area contributed by atoms with Gasteiger partial charge < -0.3 is 18.9 Å². The molecule has 24 heteroatoms. The van der Waals surface area contributed by atoms with Gasteiger partial charge in [-0.15, -0.1) is 0 Å². The predicted octanol–water partition coefficient (Wildman–Crippen LogP) is 8.59. The van der Waals surface area contributed by atoms with E-state index in [0.29, 0.717) is 111 Å². The van der Waals surface area contributed by atoms with Gasteiger partial charge in [-0.25, -0.2) is 17.2 Å². The molecule has 4 aliphatic rings. The molecule has 0 unspecified atom stereocenters. The van der Waals surface area contributed by atoms with Crippen molar-refractivity contribution in [1.29, 1.82) is 0 Å². The first-order valence-corrected chi connectivity index (χ1v) is 27.1. The van der Waals surface area contributed by atoms with Crippen molar-refractivity contribution in [3.8, 4) is 0 Å².